The first-order chi connectivity index (χ1) is 14.1. The van der Waals surface area contributed by atoms with Crippen molar-refractivity contribution in [3.05, 3.63) is 77.1 Å². The van der Waals surface area contributed by atoms with Crippen LogP contribution in [0.25, 0.3) is 0 Å². The Labute approximate surface area is 174 Å². The molecule has 1 heterocycles. The van der Waals surface area contributed by atoms with E-state index in [0.29, 0.717) is 23.7 Å². The fourth-order valence-electron chi connectivity index (χ4n) is 2.89. The first kappa shape index (κ1) is 20.7. The summed E-state index contributed by atoms with van der Waals surface area (Å²) < 4.78 is 6.85. The van der Waals surface area contributed by atoms with Crippen LogP contribution < -0.4 is 15.4 Å². The number of aliphatic hydroxyl groups excluding tert-OH is 1. The molecule has 3 aromatic rings. The summed E-state index contributed by atoms with van der Waals surface area (Å²) in [6.07, 6.45) is 4.10. The Morgan fingerprint density at radius 3 is 2.59 bits per heavy atom. The molecule has 3 rings (SSSR count). The predicted molar refractivity (Wildman–Crippen MR) is 112 cm³/mol. The fourth-order valence-corrected chi connectivity index (χ4v) is 3.02. The van der Waals surface area contributed by atoms with Crippen molar-refractivity contribution in [2.75, 3.05) is 19.0 Å². The van der Waals surface area contributed by atoms with E-state index in [4.69, 9.17) is 21.4 Å². The molecular formula is C21H23ClN4O3. The van der Waals surface area contributed by atoms with Crippen molar-refractivity contribution in [2.24, 2.45) is 0 Å². The zero-order valence-electron chi connectivity index (χ0n) is 16.0. The number of nitrogens with zero attached hydrogens (tertiary/aromatic N) is 2. The highest BCUT2D eigenvalue weighted by Gasteiger charge is 2.18. The highest BCUT2D eigenvalue weighted by Crippen LogP contribution is 2.21. The van der Waals surface area contributed by atoms with Crippen LogP contribution in [-0.2, 0) is 13.0 Å². The molecule has 152 valence electrons. The lowest BCUT2D eigenvalue weighted by atomic mass is 10.0. The number of methoxy groups -OCH3 is 1. The molecular weight excluding hydrogens is 392 g/mol. The average Bonchev–Trinajstić information content (AvgIpc) is 3.19. The van der Waals surface area contributed by atoms with Crippen LogP contribution in [-0.4, -0.2) is 34.6 Å². The molecule has 0 aliphatic heterocycles. The van der Waals surface area contributed by atoms with E-state index in [2.05, 4.69) is 15.7 Å². The van der Waals surface area contributed by atoms with Gasteiger partial charge in [0.25, 0.3) is 0 Å². The Hall–Kier alpha value is -3.03. The molecule has 1 atom stereocenters. The standard InChI is InChI=1S/C21H23ClN4O3/c1-29-19-8-2-15(3-9-19)12-20(16-13-23-26(14-16)10-11-27)25-21(28)24-18-6-4-17(22)5-7-18/h2-9,13-14,20,27H,10-12H2,1H3,(H2,24,25,28). The van der Waals surface area contributed by atoms with Crippen LogP contribution in [0.2, 0.25) is 5.02 Å². The molecule has 7 nitrogen and oxygen atoms in total. The average molecular weight is 415 g/mol. The Morgan fingerprint density at radius 1 is 1.21 bits per heavy atom. The van der Waals surface area contributed by atoms with Gasteiger partial charge in [0.1, 0.15) is 5.75 Å². The number of nitrogens with one attached hydrogen (secondary N) is 2. The number of urea groups is 1. The summed E-state index contributed by atoms with van der Waals surface area (Å²) in [4.78, 5) is 12.6. The maximum absolute atomic E-state index is 12.6. The van der Waals surface area contributed by atoms with Crippen molar-refractivity contribution >= 4 is 23.3 Å². The van der Waals surface area contributed by atoms with Crippen LogP contribution in [0, 0.1) is 0 Å². The number of aliphatic hydroxyl groups is 1. The molecule has 0 aliphatic carbocycles. The molecule has 2 amide bonds. The van der Waals surface area contributed by atoms with Crippen LogP contribution in [0.1, 0.15) is 17.2 Å². The third kappa shape index (κ3) is 5.97. The zero-order chi connectivity index (χ0) is 20.6. The number of rotatable bonds is 8. The second-order valence-electron chi connectivity index (χ2n) is 6.47. The number of amides is 2. The summed E-state index contributed by atoms with van der Waals surface area (Å²) in [6.45, 7) is 0.390. The van der Waals surface area contributed by atoms with E-state index in [1.165, 1.54) is 0 Å². The Balaban J connectivity index is 1.75. The molecule has 1 aromatic heterocycles. The molecule has 3 N–H and O–H groups in total. The summed E-state index contributed by atoms with van der Waals surface area (Å²) in [6, 6.07) is 14.0. The van der Waals surface area contributed by atoms with Crippen molar-refractivity contribution in [1.29, 1.82) is 0 Å². The van der Waals surface area contributed by atoms with E-state index >= 15 is 0 Å². The van der Waals surface area contributed by atoms with Gasteiger partial charge in [-0.3, -0.25) is 4.68 Å². The van der Waals surface area contributed by atoms with Gasteiger partial charge in [-0.25, -0.2) is 4.79 Å². The van der Waals surface area contributed by atoms with E-state index in [1.807, 2.05) is 30.5 Å². The van der Waals surface area contributed by atoms with Crippen LogP contribution >= 0.6 is 11.6 Å². The monoisotopic (exact) mass is 414 g/mol. The van der Waals surface area contributed by atoms with Gasteiger partial charge in [0.15, 0.2) is 0 Å². The van der Waals surface area contributed by atoms with E-state index in [1.54, 1.807) is 42.3 Å². The van der Waals surface area contributed by atoms with Crippen molar-refractivity contribution in [2.45, 2.75) is 19.0 Å². The first-order valence-electron chi connectivity index (χ1n) is 9.16. The number of anilines is 1. The van der Waals surface area contributed by atoms with Gasteiger partial charge < -0.3 is 20.5 Å². The van der Waals surface area contributed by atoms with Crippen molar-refractivity contribution in [3.8, 4) is 5.75 Å². The molecule has 0 fully saturated rings. The fraction of sp³-hybridized carbons (Fsp3) is 0.238. The van der Waals surface area contributed by atoms with Crippen molar-refractivity contribution in [3.63, 3.8) is 0 Å². The molecule has 0 bridgehead atoms. The van der Waals surface area contributed by atoms with Gasteiger partial charge in [0, 0.05) is 22.5 Å². The smallest absolute Gasteiger partial charge is 0.319 e. The minimum absolute atomic E-state index is 0.00521. The summed E-state index contributed by atoms with van der Waals surface area (Å²) in [5.74, 6) is 0.773. The number of carbonyl (C=O) groups excluding carboxylic acids is 1. The van der Waals surface area contributed by atoms with E-state index in [9.17, 15) is 4.79 Å². The van der Waals surface area contributed by atoms with Crippen molar-refractivity contribution < 1.29 is 14.6 Å². The van der Waals surface area contributed by atoms with E-state index < -0.39 is 0 Å². The minimum atomic E-state index is -0.333. The lowest BCUT2D eigenvalue weighted by Crippen LogP contribution is -2.33. The molecule has 0 spiro atoms. The van der Waals surface area contributed by atoms with Gasteiger partial charge in [0.2, 0.25) is 0 Å². The Morgan fingerprint density at radius 2 is 1.93 bits per heavy atom. The third-order valence-electron chi connectivity index (χ3n) is 4.39. The van der Waals surface area contributed by atoms with Gasteiger partial charge in [-0.15, -0.1) is 0 Å². The van der Waals surface area contributed by atoms with Gasteiger partial charge in [-0.2, -0.15) is 5.10 Å². The number of hydrogen-bond acceptors (Lipinski definition) is 4. The maximum Gasteiger partial charge on any atom is 0.319 e. The molecule has 2 aromatic carbocycles. The first-order valence-corrected chi connectivity index (χ1v) is 9.54. The molecule has 0 saturated carbocycles. The number of halogens is 1. The largest absolute Gasteiger partial charge is 0.497 e. The number of hydrogen-bond donors (Lipinski definition) is 3. The number of aromatic nitrogens is 2. The molecule has 1 unspecified atom stereocenters. The topological polar surface area (TPSA) is 88.4 Å². The van der Waals surface area contributed by atoms with Gasteiger partial charge in [-0.1, -0.05) is 23.7 Å². The zero-order valence-corrected chi connectivity index (χ0v) is 16.8. The van der Waals surface area contributed by atoms with E-state index in [0.717, 1.165) is 16.9 Å². The Kier molecular flexibility index (Phi) is 7.10. The van der Waals surface area contributed by atoms with Crippen LogP contribution in [0.3, 0.4) is 0 Å². The van der Waals surface area contributed by atoms with Gasteiger partial charge in [-0.05, 0) is 48.4 Å². The third-order valence-corrected chi connectivity index (χ3v) is 4.64. The maximum atomic E-state index is 12.6. The quantitative estimate of drug-likeness (QED) is 0.525. The highest BCUT2D eigenvalue weighted by atomic mass is 35.5. The minimum Gasteiger partial charge on any atom is -0.497 e. The summed E-state index contributed by atoms with van der Waals surface area (Å²) in [5, 5.41) is 19.8. The van der Waals surface area contributed by atoms with Crippen LogP contribution in [0.4, 0.5) is 10.5 Å². The van der Waals surface area contributed by atoms with Crippen LogP contribution in [0.15, 0.2) is 60.9 Å². The SMILES string of the molecule is COc1ccc(CC(NC(=O)Nc2ccc(Cl)cc2)c2cnn(CCO)c2)cc1. The molecule has 0 aliphatic rings. The number of carbonyl (C=O) groups is 1. The summed E-state index contributed by atoms with van der Waals surface area (Å²) in [7, 11) is 1.62. The molecule has 29 heavy (non-hydrogen) atoms. The summed E-state index contributed by atoms with van der Waals surface area (Å²) in [5.41, 5.74) is 2.53. The molecule has 0 saturated heterocycles. The predicted octanol–water partition coefficient (Wildman–Crippen LogP) is 3.64. The lowest BCUT2D eigenvalue weighted by Gasteiger charge is -2.18. The number of benzene rings is 2. The summed E-state index contributed by atoms with van der Waals surface area (Å²) >= 11 is 5.89. The molecule has 0 radical (unpaired) electrons. The Bertz CT molecular complexity index is 926. The van der Waals surface area contributed by atoms with Gasteiger partial charge in [0.05, 0.1) is 32.5 Å². The highest BCUT2D eigenvalue weighted by molar-refractivity contribution is 6.30. The second-order valence-corrected chi connectivity index (χ2v) is 6.91. The van der Waals surface area contributed by atoms with Gasteiger partial charge >= 0.3 is 6.03 Å². The number of ether oxygens (including phenoxy) is 1. The van der Waals surface area contributed by atoms with Crippen molar-refractivity contribution in [1.82, 2.24) is 15.1 Å². The second kappa shape index (κ2) is 9.95. The molecule has 8 heteroatoms. The lowest BCUT2D eigenvalue weighted by molar-refractivity contribution is 0.248. The van der Waals surface area contributed by atoms with E-state index in [-0.39, 0.29) is 18.7 Å². The van der Waals surface area contributed by atoms with Crippen LogP contribution in [0.5, 0.6) is 5.75 Å². The normalized spacial score (nSPS) is 11.7.